The Labute approximate surface area is 165 Å². The number of benzene rings is 1. The molecule has 0 saturated carbocycles. The van der Waals surface area contributed by atoms with Gasteiger partial charge in [-0.15, -0.1) is 12.4 Å². The first-order valence-corrected chi connectivity index (χ1v) is 8.64. The monoisotopic (exact) mass is 394 g/mol. The zero-order chi connectivity index (χ0) is 19.5. The summed E-state index contributed by atoms with van der Waals surface area (Å²) in [7, 11) is 0. The largest absolute Gasteiger partial charge is 0.391 e. The number of aliphatic hydroxyl groups is 1. The summed E-state index contributed by atoms with van der Waals surface area (Å²) in [4.78, 5) is 26.6. The van der Waals surface area contributed by atoms with Crippen LogP contribution in [0.2, 0.25) is 0 Å². The number of nitrogens with one attached hydrogen (secondary N) is 1. The summed E-state index contributed by atoms with van der Waals surface area (Å²) in [6, 6.07) is 7.45. The van der Waals surface area contributed by atoms with Crippen LogP contribution in [0, 0.1) is 16.7 Å². The van der Waals surface area contributed by atoms with Crippen molar-refractivity contribution < 1.29 is 14.7 Å². The molecule has 1 aliphatic rings. The van der Waals surface area contributed by atoms with E-state index in [-0.39, 0.29) is 43.7 Å². The molecule has 0 unspecified atom stereocenters. The van der Waals surface area contributed by atoms with Gasteiger partial charge in [0.05, 0.1) is 23.8 Å². The molecule has 0 aromatic heterocycles. The molecule has 27 heavy (non-hydrogen) atoms. The molecule has 2 rings (SSSR count). The van der Waals surface area contributed by atoms with Crippen molar-refractivity contribution in [1.29, 1.82) is 5.26 Å². The van der Waals surface area contributed by atoms with Crippen molar-refractivity contribution in [3.63, 3.8) is 0 Å². The van der Waals surface area contributed by atoms with Crippen molar-refractivity contribution in [2.75, 3.05) is 6.54 Å². The molecule has 4 N–H and O–H groups in total. The van der Waals surface area contributed by atoms with E-state index < -0.39 is 23.6 Å². The van der Waals surface area contributed by atoms with Crippen LogP contribution in [0.3, 0.4) is 0 Å². The van der Waals surface area contributed by atoms with Gasteiger partial charge in [-0.3, -0.25) is 9.59 Å². The summed E-state index contributed by atoms with van der Waals surface area (Å²) in [6.45, 7) is 5.98. The zero-order valence-electron chi connectivity index (χ0n) is 15.8. The average Bonchev–Trinajstić information content (AvgIpc) is 2.99. The highest BCUT2D eigenvalue weighted by atomic mass is 35.5. The molecule has 1 aliphatic heterocycles. The Bertz CT molecular complexity index is 709. The van der Waals surface area contributed by atoms with Gasteiger partial charge in [-0.25, -0.2) is 0 Å². The number of nitrogens with zero attached hydrogens (tertiary/aromatic N) is 2. The van der Waals surface area contributed by atoms with Crippen molar-refractivity contribution in [3.8, 4) is 6.07 Å². The van der Waals surface area contributed by atoms with Gasteiger partial charge in [0.2, 0.25) is 11.8 Å². The second-order valence-corrected chi connectivity index (χ2v) is 7.77. The van der Waals surface area contributed by atoms with Gasteiger partial charge in [-0.1, -0.05) is 32.9 Å². The maximum atomic E-state index is 12.7. The van der Waals surface area contributed by atoms with Gasteiger partial charge in [-0.2, -0.15) is 5.26 Å². The lowest BCUT2D eigenvalue weighted by Gasteiger charge is -2.32. The summed E-state index contributed by atoms with van der Waals surface area (Å²) in [5.41, 5.74) is 7.00. The van der Waals surface area contributed by atoms with E-state index in [4.69, 9.17) is 11.0 Å². The summed E-state index contributed by atoms with van der Waals surface area (Å²) >= 11 is 0. The van der Waals surface area contributed by atoms with Gasteiger partial charge in [-0.05, 0) is 23.1 Å². The van der Waals surface area contributed by atoms with Crippen LogP contribution >= 0.6 is 12.4 Å². The van der Waals surface area contributed by atoms with Gasteiger partial charge in [0.1, 0.15) is 6.04 Å². The van der Waals surface area contributed by atoms with Gasteiger partial charge >= 0.3 is 0 Å². The Hall–Kier alpha value is -2.14. The quantitative estimate of drug-likeness (QED) is 0.701. The third-order valence-electron chi connectivity index (χ3n) is 4.61. The lowest BCUT2D eigenvalue weighted by atomic mass is 9.86. The minimum Gasteiger partial charge on any atom is -0.391 e. The third kappa shape index (κ3) is 5.67. The van der Waals surface area contributed by atoms with Crippen LogP contribution in [0.4, 0.5) is 0 Å². The topological polar surface area (TPSA) is 119 Å². The normalized spacial score (nSPS) is 20.4. The Morgan fingerprint density at radius 1 is 1.37 bits per heavy atom. The van der Waals surface area contributed by atoms with Crippen molar-refractivity contribution in [3.05, 3.63) is 35.4 Å². The summed E-state index contributed by atoms with van der Waals surface area (Å²) < 4.78 is 0. The standard InChI is InChI=1S/C19H26N4O3.ClH/c1-19(2,3)16(21)18(26)23-11-14(24)8-15(23)17(25)22-10-13-6-4-12(9-20)5-7-13;/h4-7,14-16,24H,8,10-11,21H2,1-3H3,(H,22,25);1H/t14-,15+,16-;/m1./s1. The number of carbonyl (C=O) groups is 2. The highest BCUT2D eigenvalue weighted by Gasteiger charge is 2.42. The van der Waals surface area contributed by atoms with E-state index in [9.17, 15) is 14.7 Å². The first-order chi connectivity index (χ1) is 12.1. The van der Waals surface area contributed by atoms with E-state index in [0.29, 0.717) is 5.56 Å². The number of amides is 2. The molecule has 0 spiro atoms. The smallest absolute Gasteiger partial charge is 0.243 e. The fourth-order valence-electron chi connectivity index (χ4n) is 2.86. The summed E-state index contributed by atoms with van der Waals surface area (Å²) in [6.07, 6.45) is -0.543. The summed E-state index contributed by atoms with van der Waals surface area (Å²) in [5.74, 6) is -0.645. The second-order valence-electron chi connectivity index (χ2n) is 7.77. The molecule has 3 atom stereocenters. The van der Waals surface area contributed by atoms with Crippen LogP contribution in [-0.4, -0.2) is 46.6 Å². The second kappa shape index (κ2) is 9.18. The van der Waals surface area contributed by atoms with Gasteiger partial charge in [0.15, 0.2) is 0 Å². The van der Waals surface area contributed by atoms with Crippen LogP contribution in [0.25, 0.3) is 0 Å². The number of likely N-dealkylation sites (tertiary alicyclic amines) is 1. The number of nitrogens with two attached hydrogens (primary N) is 1. The van der Waals surface area contributed by atoms with Crippen LogP contribution in [-0.2, 0) is 16.1 Å². The Morgan fingerprint density at radius 3 is 2.48 bits per heavy atom. The van der Waals surface area contributed by atoms with E-state index in [2.05, 4.69) is 5.32 Å². The van der Waals surface area contributed by atoms with E-state index in [1.165, 1.54) is 4.90 Å². The molecule has 1 saturated heterocycles. The molecule has 0 bridgehead atoms. The number of aliphatic hydroxyl groups excluding tert-OH is 1. The lowest BCUT2D eigenvalue weighted by Crippen LogP contribution is -2.54. The van der Waals surface area contributed by atoms with Gasteiger partial charge in [0, 0.05) is 19.5 Å². The Balaban J connectivity index is 0.00000364. The number of carbonyl (C=O) groups excluding carboxylic acids is 2. The van der Waals surface area contributed by atoms with Crippen LogP contribution in [0.15, 0.2) is 24.3 Å². The molecule has 1 aromatic carbocycles. The van der Waals surface area contributed by atoms with E-state index in [1.807, 2.05) is 26.8 Å². The van der Waals surface area contributed by atoms with Crippen molar-refractivity contribution in [2.45, 2.75) is 51.9 Å². The number of hydrogen-bond donors (Lipinski definition) is 3. The molecule has 148 valence electrons. The minimum atomic E-state index is -0.748. The molecule has 7 nitrogen and oxygen atoms in total. The molecule has 1 aromatic rings. The van der Waals surface area contributed by atoms with Crippen molar-refractivity contribution in [2.24, 2.45) is 11.1 Å². The average molecular weight is 395 g/mol. The molecule has 1 heterocycles. The maximum absolute atomic E-state index is 12.7. The van der Waals surface area contributed by atoms with Crippen LogP contribution in [0.1, 0.15) is 38.3 Å². The van der Waals surface area contributed by atoms with E-state index >= 15 is 0 Å². The molecular formula is C19H27ClN4O3. The van der Waals surface area contributed by atoms with Gasteiger partial charge < -0.3 is 21.1 Å². The molecule has 1 fully saturated rings. The molecular weight excluding hydrogens is 368 g/mol. The van der Waals surface area contributed by atoms with Crippen molar-refractivity contribution in [1.82, 2.24) is 10.2 Å². The summed E-state index contributed by atoms with van der Waals surface area (Å²) in [5, 5.41) is 21.6. The molecule has 0 aliphatic carbocycles. The Kier molecular flexibility index (Phi) is 7.78. The molecule has 0 radical (unpaired) electrons. The van der Waals surface area contributed by atoms with Crippen LogP contribution < -0.4 is 11.1 Å². The lowest BCUT2D eigenvalue weighted by molar-refractivity contribution is -0.141. The van der Waals surface area contributed by atoms with Crippen LogP contribution in [0.5, 0.6) is 0 Å². The van der Waals surface area contributed by atoms with E-state index in [0.717, 1.165) is 5.56 Å². The fourth-order valence-corrected chi connectivity index (χ4v) is 2.86. The minimum absolute atomic E-state index is 0. The third-order valence-corrected chi connectivity index (χ3v) is 4.61. The number of halogens is 1. The molecule has 2 amide bonds. The predicted octanol–water partition coefficient (Wildman–Crippen LogP) is 0.931. The van der Waals surface area contributed by atoms with Gasteiger partial charge in [0.25, 0.3) is 0 Å². The highest BCUT2D eigenvalue weighted by Crippen LogP contribution is 2.24. The predicted molar refractivity (Wildman–Crippen MR) is 104 cm³/mol. The van der Waals surface area contributed by atoms with E-state index in [1.54, 1.807) is 24.3 Å². The molecule has 8 heteroatoms. The number of hydrogen-bond acceptors (Lipinski definition) is 5. The maximum Gasteiger partial charge on any atom is 0.243 e. The number of rotatable bonds is 4. The SMILES string of the molecule is CC(C)(C)[C@H](N)C(=O)N1C[C@H](O)C[C@H]1C(=O)NCc1ccc(C#N)cc1.Cl. The highest BCUT2D eigenvalue weighted by molar-refractivity contribution is 5.90. The number of nitriles is 1. The Morgan fingerprint density at radius 2 is 1.96 bits per heavy atom. The first kappa shape index (κ1) is 22.9. The zero-order valence-corrected chi connectivity index (χ0v) is 16.6. The van der Waals surface area contributed by atoms with Crippen molar-refractivity contribution >= 4 is 24.2 Å². The fraction of sp³-hybridized carbons (Fsp3) is 0.526. The first-order valence-electron chi connectivity index (χ1n) is 8.64. The number of β-amino-alcohol motifs (C(OH)–C–C–N with tert-alkyl or cyclic N) is 1.